The van der Waals surface area contributed by atoms with Crippen molar-refractivity contribution in [3.8, 4) is 0 Å². The molecular formula is C12H14FN3O3. The minimum atomic E-state index is -0.755. The van der Waals surface area contributed by atoms with E-state index in [0.717, 1.165) is 37.7 Å². The molecule has 2 N–H and O–H groups in total. The Morgan fingerprint density at radius 2 is 2.37 bits per heavy atom. The van der Waals surface area contributed by atoms with Gasteiger partial charge in [-0.1, -0.05) is 0 Å². The number of amides is 1. The number of nitro groups is 1. The minimum Gasteiger partial charge on any atom is -0.351 e. The van der Waals surface area contributed by atoms with Crippen molar-refractivity contribution in [3.63, 3.8) is 0 Å². The molecule has 19 heavy (non-hydrogen) atoms. The van der Waals surface area contributed by atoms with Crippen LogP contribution >= 0.6 is 0 Å². The van der Waals surface area contributed by atoms with Gasteiger partial charge in [0.05, 0.1) is 11.0 Å². The predicted molar refractivity (Wildman–Crippen MR) is 66.4 cm³/mol. The first kappa shape index (κ1) is 13.4. The van der Waals surface area contributed by atoms with E-state index < -0.39 is 22.3 Å². The Balaban J connectivity index is 2.07. The molecule has 102 valence electrons. The summed E-state index contributed by atoms with van der Waals surface area (Å²) in [7, 11) is 0. The van der Waals surface area contributed by atoms with Crippen LogP contribution in [0.25, 0.3) is 0 Å². The fourth-order valence-electron chi connectivity index (χ4n) is 2.07. The van der Waals surface area contributed by atoms with Gasteiger partial charge in [0.1, 0.15) is 11.4 Å². The molecule has 2 rings (SSSR count). The third-order valence-corrected chi connectivity index (χ3v) is 3.11. The largest absolute Gasteiger partial charge is 0.351 e. The van der Waals surface area contributed by atoms with Crippen LogP contribution in [0.3, 0.4) is 0 Å². The molecule has 0 aliphatic carbocycles. The molecule has 1 amide bonds. The summed E-state index contributed by atoms with van der Waals surface area (Å²) in [5.41, 5.74) is -0.626. The molecule has 0 bridgehead atoms. The normalized spacial score (nSPS) is 18.3. The summed E-state index contributed by atoms with van der Waals surface area (Å²) in [6, 6.07) is 2.93. The summed E-state index contributed by atoms with van der Waals surface area (Å²) in [4.78, 5) is 21.9. The second-order valence-electron chi connectivity index (χ2n) is 4.49. The Hall–Kier alpha value is -2.02. The fourth-order valence-corrected chi connectivity index (χ4v) is 2.07. The topological polar surface area (TPSA) is 84.3 Å². The average Bonchev–Trinajstić information content (AvgIpc) is 2.88. The van der Waals surface area contributed by atoms with Gasteiger partial charge < -0.3 is 10.6 Å². The number of halogens is 1. The monoisotopic (exact) mass is 267 g/mol. The Labute approximate surface area is 109 Å². The Morgan fingerprint density at radius 3 is 3.00 bits per heavy atom. The molecule has 1 aromatic rings. The van der Waals surface area contributed by atoms with E-state index in [9.17, 15) is 19.3 Å². The van der Waals surface area contributed by atoms with E-state index in [4.69, 9.17) is 0 Å². The van der Waals surface area contributed by atoms with Crippen LogP contribution in [0.1, 0.15) is 16.8 Å². The van der Waals surface area contributed by atoms with E-state index in [1.165, 1.54) is 0 Å². The number of carbonyl (C=O) groups is 1. The first-order valence-corrected chi connectivity index (χ1v) is 6.01. The Bertz CT molecular complexity index is 501. The van der Waals surface area contributed by atoms with Crippen LogP contribution in [-0.2, 0) is 0 Å². The van der Waals surface area contributed by atoms with Gasteiger partial charge in [-0.05, 0) is 37.6 Å². The molecule has 1 heterocycles. The number of rotatable bonds is 4. The van der Waals surface area contributed by atoms with E-state index in [2.05, 4.69) is 10.6 Å². The third-order valence-electron chi connectivity index (χ3n) is 3.11. The molecular weight excluding hydrogens is 253 g/mol. The summed E-state index contributed by atoms with van der Waals surface area (Å²) in [5, 5.41) is 16.6. The van der Waals surface area contributed by atoms with Crippen molar-refractivity contribution in [1.29, 1.82) is 0 Å². The van der Waals surface area contributed by atoms with Gasteiger partial charge in [-0.3, -0.25) is 14.9 Å². The molecule has 1 atom stereocenters. The van der Waals surface area contributed by atoms with Crippen molar-refractivity contribution in [2.45, 2.75) is 6.42 Å². The first-order valence-electron chi connectivity index (χ1n) is 6.01. The minimum absolute atomic E-state index is 0.114. The molecule has 0 saturated carbocycles. The lowest BCUT2D eigenvalue weighted by atomic mass is 10.1. The van der Waals surface area contributed by atoms with E-state index in [0.29, 0.717) is 12.5 Å². The van der Waals surface area contributed by atoms with Gasteiger partial charge in [-0.25, -0.2) is 4.39 Å². The quantitative estimate of drug-likeness (QED) is 0.631. The summed E-state index contributed by atoms with van der Waals surface area (Å²) < 4.78 is 13.0. The number of hydrogen-bond donors (Lipinski definition) is 2. The van der Waals surface area contributed by atoms with Crippen molar-refractivity contribution < 1.29 is 14.1 Å². The van der Waals surface area contributed by atoms with Crippen molar-refractivity contribution in [3.05, 3.63) is 39.7 Å². The Kier molecular flexibility index (Phi) is 4.06. The SMILES string of the molecule is O=C(NCC1CCNC1)c1ccc(F)cc1[N+](=O)[O-]. The number of benzene rings is 1. The number of nitro benzene ring substituents is 1. The van der Waals surface area contributed by atoms with Crippen molar-refractivity contribution in [2.24, 2.45) is 5.92 Å². The molecule has 1 aromatic carbocycles. The molecule has 7 heteroatoms. The maximum Gasteiger partial charge on any atom is 0.285 e. The van der Waals surface area contributed by atoms with Crippen LogP contribution in [0.4, 0.5) is 10.1 Å². The molecule has 1 saturated heterocycles. The summed E-state index contributed by atoms with van der Waals surface area (Å²) >= 11 is 0. The lowest BCUT2D eigenvalue weighted by Gasteiger charge is -2.10. The highest BCUT2D eigenvalue weighted by molar-refractivity contribution is 5.98. The van der Waals surface area contributed by atoms with Gasteiger partial charge >= 0.3 is 0 Å². The second kappa shape index (κ2) is 5.75. The Morgan fingerprint density at radius 1 is 1.58 bits per heavy atom. The van der Waals surface area contributed by atoms with Gasteiger partial charge in [-0.15, -0.1) is 0 Å². The lowest BCUT2D eigenvalue weighted by Crippen LogP contribution is -2.30. The zero-order chi connectivity index (χ0) is 13.8. The van der Waals surface area contributed by atoms with Crippen LogP contribution in [0.5, 0.6) is 0 Å². The number of hydrogen-bond acceptors (Lipinski definition) is 4. The van der Waals surface area contributed by atoms with Crippen LogP contribution in [0.15, 0.2) is 18.2 Å². The van der Waals surface area contributed by atoms with E-state index in [1.807, 2.05) is 0 Å². The summed E-state index contributed by atoms with van der Waals surface area (Å²) in [5.74, 6) is -0.940. The predicted octanol–water partition coefficient (Wildman–Crippen LogP) is 1.07. The lowest BCUT2D eigenvalue weighted by molar-refractivity contribution is -0.385. The highest BCUT2D eigenvalue weighted by Gasteiger charge is 2.22. The van der Waals surface area contributed by atoms with Crippen molar-refractivity contribution in [1.82, 2.24) is 10.6 Å². The zero-order valence-corrected chi connectivity index (χ0v) is 10.2. The maximum atomic E-state index is 13.0. The summed E-state index contributed by atoms with van der Waals surface area (Å²) in [6.07, 6.45) is 0.964. The van der Waals surface area contributed by atoms with Crippen molar-refractivity contribution >= 4 is 11.6 Å². The van der Waals surface area contributed by atoms with Gasteiger partial charge in [0.25, 0.3) is 11.6 Å². The number of nitrogens with zero attached hydrogens (tertiary/aromatic N) is 1. The van der Waals surface area contributed by atoms with Gasteiger partial charge in [0.15, 0.2) is 0 Å². The standard InChI is InChI=1S/C12H14FN3O3/c13-9-1-2-10(11(5-9)16(18)19)12(17)15-7-8-3-4-14-6-8/h1-2,5,8,14H,3-4,6-7H2,(H,15,17). The zero-order valence-electron chi connectivity index (χ0n) is 10.2. The van der Waals surface area contributed by atoms with Gasteiger partial charge in [-0.2, -0.15) is 0 Å². The van der Waals surface area contributed by atoms with Gasteiger partial charge in [0, 0.05) is 6.54 Å². The van der Waals surface area contributed by atoms with Crippen LogP contribution in [0.2, 0.25) is 0 Å². The molecule has 0 radical (unpaired) electrons. The second-order valence-corrected chi connectivity index (χ2v) is 4.49. The van der Waals surface area contributed by atoms with Crippen LogP contribution in [0, 0.1) is 21.8 Å². The highest BCUT2D eigenvalue weighted by atomic mass is 19.1. The van der Waals surface area contributed by atoms with E-state index >= 15 is 0 Å². The van der Waals surface area contributed by atoms with Crippen LogP contribution < -0.4 is 10.6 Å². The highest BCUT2D eigenvalue weighted by Crippen LogP contribution is 2.19. The molecule has 1 unspecified atom stereocenters. The average molecular weight is 267 g/mol. The molecule has 1 fully saturated rings. The van der Waals surface area contributed by atoms with E-state index in [1.54, 1.807) is 0 Å². The van der Waals surface area contributed by atoms with Crippen LogP contribution in [-0.4, -0.2) is 30.5 Å². The summed E-state index contributed by atoms with van der Waals surface area (Å²) in [6.45, 7) is 2.20. The fraction of sp³-hybridized carbons (Fsp3) is 0.417. The smallest absolute Gasteiger partial charge is 0.285 e. The molecule has 0 aromatic heterocycles. The van der Waals surface area contributed by atoms with Crippen molar-refractivity contribution in [2.75, 3.05) is 19.6 Å². The molecule has 0 spiro atoms. The van der Waals surface area contributed by atoms with Gasteiger partial charge in [0.2, 0.25) is 0 Å². The third kappa shape index (κ3) is 3.25. The number of carbonyl (C=O) groups excluding carboxylic acids is 1. The maximum absolute atomic E-state index is 13.0. The first-order chi connectivity index (χ1) is 9.08. The molecule has 1 aliphatic heterocycles. The molecule has 1 aliphatic rings. The molecule has 6 nitrogen and oxygen atoms in total. The van der Waals surface area contributed by atoms with E-state index in [-0.39, 0.29) is 5.56 Å². The number of nitrogens with one attached hydrogen (secondary N) is 2.